The van der Waals surface area contributed by atoms with Crippen LogP contribution in [0.3, 0.4) is 0 Å². The van der Waals surface area contributed by atoms with Crippen LogP contribution in [0.1, 0.15) is 38.3 Å². The lowest BCUT2D eigenvalue weighted by molar-refractivity contribution is 0.145. The quantitative estimate of drug-likeness (QED) is 0.429. The second-order valence-electron chi connectivity index (χ2n) is 6.19. The number of aliphatic imine (C=N–C) groups is 1. The van der Waals surface area contributed by atoms with E-state index in [2.05, 4.69) is 39.1 Å². The van der Waals surface area contributed by atoms with Crippen molar-refractivity contribution in [3.63, 3.8) is 0 Å². The fraction of sp³-hybridized carbons (Fsp3) is 0.824. The average molecular weight is 369 g/mol. The van der Waals surface area contributed by atoms with E-state index in [1.165, 1.54) is 6.42 Å². The molecule has 1 unspecified atom stereocenters. The number of rotatable bonds is 8. The molecule has 1 aliphatic rings. The first-order valence-corrected chi connectivity index (χ1v) is 10.3. The molecule has 1 aromatic heterocycles. The Hall–Kier alpha value is -1.28. The molecule has 1 aromatic rings. The summed E-state index contributed by atoms with van der Waals surface area (Å²) in [6.45, 7) is 11.3. The van der Waals surface area contributed by atoms with Crippen LogP contribution >= 0.6 is 11.8 Å². The zero-order valence-electron chi connectivity index (χ0n) is 16.0. The molecule has 8 heteroatoms. The van der Waals surface area contributed by atoms with Crippen molar-refractivity contribution >= 4 is 17.7 Å². The average Bonchev–Trinajstić information content (AvgIpc) is 2.96. The van der Waals surface area contributed by atoms with Gasteiger partial charge in [-0.3, -0.25) is 0 Å². The number of hydrogen-bond acceptors (Lipinski definition) is 5. The van der Waals surface area contributed by atoms with Crippen molar-refractivity contribution in [2.24, 2.45) is 12.0 Å². The van der Waals surface area contributed by atoms with Crippen LogP contribution in [-0.4, -0.2) is 69.5 Å². The first-order valence-electron chi connectivity index (χ1n) is 9.23. The summed E-state index contributed by atoms with van der Waals surface area (Å²) < 4.78 is 7.42. The fourth-order valence-electron chi connectivity index (χ4n) is 2.68. The van der Waals surface area contributed by atoms with Gasteiger partial charge in [0, 0.05) is 50.9 Å². The summed E-state index contributed by atoms with van der Waals surface area (Å²) in [5, 5.41) is 12.5. The van der Waals surface area contributed by atoms with Crippen molar-refractivity contribution in [3.8, 4) is 0 Å². The largest absolute Gasteiger partial charge is 0.382 e. The van der Waals surface area contributed by atoms with Gasteiger partial charge in [0.15, 0.2) is 11.8 Å². The molecule has 0 saturated carbocycles. The van der Waals surface area contributed by atoms with Gasteiger partial charge in [0.05, 0.1) is 0 Å². The normalized spacial score (nSPS) is 18.6. The third kappa shape index (κ3) is 6.18. The Labute approximate surface area is 155 Å². The summed E-state index contributed by atoms with van der Waals surface area (Å²) in [6.07, 6.45) is 2.18. The molecule has 2 heterocycles. The van der Waals surface area contributed by atoms with Gasteiger partial charge in [-0.05, 0) is 26.7 Å². The molecular weight excluding hydrogens is 336 g/mol. The second-order valence-corrected chi connectivity index (χ2v) is 7.59. The standard InChI is InChI=1S/C17H32N6OS/c1-5-15-13-23(9-11-25-15)17(18-8-7-10-24-6-2)19-12-16-21-20-14(3)22(16)4/h15H,5-13H2,1-4H3,(H,18,19). The molecule has 142 valence electrons. The van der Waals surface area contributed by atoms with Crippen molar-refractivity contribution in [1.82, 2.24) is 25.0 Å². The van der Waals surface area contributed by atoms with Crippen molar-refractivity contribution in [2.45, 2.75) is 45.4 Å². The molecule has 1 aliphatic heterocycles. The third-order valence-corrected chi connectivity index (χ3v) is 5.77. The topological polar surface area (TPSA) is 67.6 Å². The molecule has 25 heavy (non-hydrogen) atoms. The van der Waals surface area contributed by atoms with Crippen LogP contribution in [0.5, 0.6) is 0 Å². The van der Waals surface area contributed by atoms with E-state index in [1.54, 1.807) is 0 Å². The van der Waals surface area contributed by atoms with E-state index in [4.69, 9.17) is 9.73 Å². The lowest BCUT2D eigenvalue weighted by atomic mass is 10.3. The Morgan fingerprint density at radius 1 is 1.40 bits per heavy atom. The van der Waals surface area contributed by atoms with E-state index in [0.717, 1.165) is 62.6 Å². The number of thioether (sulfide) groups is 1. The molecule has 1 saturated heterocycles. The number of hydrogen-bond donors (Lipinski definition) is 1. The molecule has 1 atom stereocenters. The highest BCUT2D eigenvalue weighted by Gasteiger charge is 2.21. The van der Waals surface area contributed by atoms with Gasteiger partial charge in [-0.1, -0.05) is 6.92 Å². The molecular formula is C17H32N6OS. The number of aryl methyl sites for hydroxylation is 1. The van der Waals surface area contributed by atoms with Crippen molar-refractivity contribution in [3.05, 3.63) is 11.6 Å². The Morgan fingerprint density at radius 2 is 2.24 bits per heavy atom. The number of guanidine groups is 1. The van der Waals surface area contributed by atoms with Crippen LogP contribution < -0.4 is 5.32 Å². The van der Waals surface area contributed by atoms with E-state index in [9.17, 15) is 0 Å². The van der Waals surface area contributed by atoms with Gasteiger partial charge in [-0.2, -0.15) is 11.8 Å². The Bertz CT molecular complexity index is 547. The van der Waals surface area contributed by atoms with Crippen molar-refractivity contribution in [2.75, 3.05) is 38.6 Å². The maximum Gasteiger partial charge on any atom is 0.194 e. The Morgan fingerprint density at radius 3 is 2.92 bits per heavy atom. The maximum absolute atomic E-state index is 5.42. The molecule has 0 aromatic carbocycles. The zero-order valence-corrected chi connectivity index (χ0v) is 16.8. The van der Waals surface area contributed by atoms with Crippen LogP contribution in [0.4, 0.5) is 0 Å². The van der Waals surface area contributed by atoms with Gasteiger partial charge in [-0.15, -0.1) is 10.2 Å². The van der Waals surface area contributed by atoms with Gasteiger partial charge in [0.1, 0.15) is 12.4 Å². The molecule has 2 rings (SSSR count). The highest BCUT2D eigenvalue weighted by molar-refractivity contribution is 8.00. The van der Waals surface area contributed by atoms with Crippen LogP contribution in [-0.2, 0) is 18.3 Å². The summed E-state index contributed by atoms with van der Waals surface area (Å²) in [6, 6.07) is 0. The van der Waals surface area contributed by atoms with E-state index in [0.29, 0.717) is 11.8 Å². The predicted octanol–water partition coefficient (Wildman–Crippen LogP) is 1.82. The van der Waals surface area contributed by atoms with Crippen molar-refractivity contribution < 1.29 is 4.74 Å². The molecule has 1 fully saturated rings. The smallest absolute Gasteiger partial charge is 0.194 e. The van der Waals surface area contributed by atoms with Crippen LogP contribution in [0.2, 0.25) is 0 Å². The first-order chi connectivity index (χ1) is 12.2. The summed E-state index contributed by atoms with van der Waals surface area (Å²) in [5.41, 5.74) is 0. The molecule has 1 N–H and O–H groups in total. The minimum atomic E-state index is 0.547. The summed E-state index contributed by atoms with van der Waals surface area (Å²) in [5.74, 6) is 3.94. The molecule has 0 radical (unpaired) electrons. The van der Waals surface area contributed by atoms with Gasteiger partial charge in [0.2, 0.25) is 0 Å². The second kappa shape index (κ2) is 10.7. The summed E-state index contributed by atoms with van der Waals surface area (Å²) >= 11 is 2.07. The van der Waals surface area contributed by atoms with Gasteiger partial charge < -0.3 is 19.5 Å². The number of ether oxygens (including phenoxy) is 1. The number of aromatic nitrogens is 3. The Kier molecular flexibility index (Phi) is 8.54. The fourth-order valence-corrected chi connectivity index (χ4v) is 3.86. The molecule has 0 aliphatic carbocycles. The minimum absolute atomic E-state index is 0.547. The van der Waals surface area contributed by atoms with Crippen LogP contribution in [0.25, 0.3) is 0 Å². The number of nitrogens with zero attached hydrogens (tertiary/aromatic N) is 5. The van der Waals surface area contributed by atoms with E-state index >= 15 is 0 Å². The molecule has 0 amide bonds. The summed E-state index contributed by atoms with van der Waals surface area (Å²) in [4.78, 5) is 7.22. The maximum atomic E-state index is 5.42. The monoisotopic (exact) mass is 368 g/mol. The van der Waals surface area contributed by atoms with E-state index in [-0.39, 0.29) is 0 Å². The lowest BCUT2D eigenvalue weighted by Gasteiger charge is -2.34. The SMILES string of the molecule is CCOCCCNC(=NCc1nnc(C)n1C)N1CCSC(CC)C1. The summed E-state index contributed by atoms with van der Waals surface area (Å²) in [7, 11) is 1.99. The third-order valence-electron chi connectivity index (χ3n) is 4.40. The minimum Gasteiger partial charge on any atom is -0.382 e. The first kappa shape index (κ1) is 20.0. The van der Waals surface area contributed by atoms with Crippen LogP contribution in [0.15, 0.2) is 4.99 Å². The van der Waals surface area contributed by atoms with E-state index in [1.807, 2.05) is 25.5 Å². The highest BCUT2D eigenvalue weighted by atomic mass is 32.2. The highest BCUT2D eigenvalue weighted by Crippen LogP contribution is 2.21. The number of nitrogens with one attached hydrogen (secondary N) is 1. The predicted molar refractivity (Wildman–Crippen MR) is 104 cm³/mol. The molecule has 0 spiro atoms. The van der Waals surface area contributed by atoms with Crippen molar-refractivity contribution in [1.29, 1.82) is 0 Å². The zero-order chi connectivity index (χ0) is 18.1. The molecule has 0 bridgehead atoms. The van der Waals surface area contributed by atoms with Gasteiger partial charge >= 0.3 is 0 Å². The van der Waals surface area contributed by atoms with Gasteiger partial charge in [-0.25, -0.2) is 4.99 Å². The lowest BCUT2D eigenvalue weighted by Crippen LogP contribution is -2.48. The van der Waals surface area contributed by atoms with Crippen LogP contribution in [0, 0.1) is 6.92 Å². The Balaban J connectivity index is 1.99. The molecule has 7 nitrogen and oxygen atoms in total. The van der Waals surface area contributed by atoms with E-state index < -0.39 is 0 Å². The van der Waals surface area contributed by atoms with Gasteiger partial charge in [0.25, 0.3) is 0 Å².